The highest BCUT2D eigenvalue weighted by atomic mass is 16.4. The monoisotopic (exact) mass is 1200 g/mol. The Hall–Kier alpha value is -8.41. The Morgan fingerprint density at radius 3 is 1.72 bits per heavy atom. The molecule has 2 heterocycles. The number of nitrogens with one attached hydrogen (secondary N) is 9. The molecule has 472 valence electrons. The number of H-pyrrole nitrogens is 1. The second-order valence-corrected chi connectivity index (χ2v) is 22.6. The van der Waals surface area contributed by atoms with Crippen molar-refractivity contribution < 1.29 is 73.2 Å². The van der Waals surface area contributed by atoms with Gasteiger partial charge in [0.2, 0.25) is 53.2 Å². The van der Waals surface area contributed by atoms with Crippen LogP contribution >= 0.6 is 0 Å². The molecular formula is C55H87N15O15. The molecule has 0 radical (unpaired) electrons. The average Bonchev–Trinajstić information content (AvgIpc) is 4.28. The summed E-state index contributed by atoms with van der Waals surface area (Å²) in [7, 11) is 0. The summed E-state index contributed by atoms with van der Waals surface area (Å²) in [6.07, 6.45) is 2.40. The molecule has 0 bridgehead atoms. The zero-order chi connectivity index (χ0) is 63.8. The van der Waals surface area contributed by atoms with E-state index in [9.17, 15) is 73.2 Å². The summed E-state index contributed by atoms with van der Waals surface area (Å²) in [5, 5.41) is 60.3. The lowest BCUT2D eigenvalue weighted by Gasteiger charge is -2.30. The van der Waals surface area contributed by atoms with Crippen molar-refractivity contribution in [3.63, 3.8) is 0 Å². The number of aliphatic hydroxyl groups excluding tert-OH is 1. The summed E-state index contributed by atoms with van der Waals surface area (Å²) in [4.78, 5) is 162. The van der Waals surface area contributed by atoms with Gasteiger partial charge in [-0.3, -0.25) is 52.9 Å². The van der Waals surface area contributed by atoms with Gasteiger partial charge in [0.1, 0.15) is 60.1 Å². The predicted octanol–water partition coefficient (Wildman–Crippen LogP) is -2.89. The molecule has 19 N–H and O–H groups in total. The number of aliphatic imine (C=N–C) groups is 1. The number of aliphatic carboxylic acids is 2. The molecule has 85 heavy (non-hydrogen) atoms. The molecule has 0 unspecified atom stereocenters. The molecule has 3 rings (SSSR count). The molecule has 0 spiro atoms. The number of imidazole rings is 1. The summed E-state index contributed by atoms with van der Waals surface area (Å²) in [6, 6.07) is -8.73. The minimum absolute atomic E-state index is 0.0253. The van der Waals surface area contributed by atoms with Crippen LogP contribution in [-0.2, 0) is 65.6 Å². The third kappa shape index (κ3) is 23.6. The molecule has 9 amide bonds. The van der Waals surface area contributed by atoms with E-state index in [4.69, 9.17) is 17.2 Å². The number of carboxylic acid groups (broad SMARTS) is 2. The third-order valence-corrected chi connectivity index (χ3v) is 13.7. The number of benzene rings is 1. The molecule has 1 fully saturated rings. The largest absolute Gasteiger partial charge is 0.508 e. The minimum atomic E-state index is -1.88. The van der Waals surface area contributed by atoms with Crippen LogP contribution in [0.5, 0.6) is 5.75 Å². The molecule has 1 aromatic carbocycles. The number of aromatic hydroxyl groups is 1. The first-order chi connectivity index (χ1) is 39.9. The fraction of sp³-hybridized carbons (Fsp3) is 0.618. The number of likely N-dealkylation sites (tertiary alicyclic amines) is 1. The Kier molecular flexibility index (Phi) is 28.7. The Morgan fingerprint density at radius 2 is 1.18 bits per heavy atom. The van der Waals surface area contributed by atoms with E-state index < -0.39 is 150 Å². The molecule has 1 aliphatic heterocycles. The lowest BCUT2D eigenvalue weighted by atomic mass is 9.97. The van der Waals surface area contributed by atoms with Gasteiger partial charge in [-0.1, -0.05) is 67.5 Å². The van der Waals surface area contributed by atoms with Gasteiger partial charge in [0.25, 0.3) is 0 Å². The quantitative estimate of drug-likeness (QED) is 0.0187. The number of carbonyl (C=O) groups excluding carboxylic acids is 9. The summed E-state index contributed by atoms with van der Waals surface area (Å²) >= 11 is 0. The number of carboxylic acids is 2. The first-order valence-corrected chi connectivity index (χ1v) is 28.3. The predicted molar refractivity (Wildman–Crippen MR) is 308 cm³/mol. The molecular weight excluding hydrogens is 1110 g/mol. The number of phenols is 1. The molecule has 1 saturated heterocycles. The second kappa shape index (κ2) is 34.4. The van der Waals surface area contributed by atoms with Crippen LogP contribution in [0.15, 0.2) is 41.8 Å². The van der Waals surface area contributed by atoms with Crippen LogP contribution in [0, 0.1) is 23.7 Å². The van der Waals surface area contributed by atoms with Gasteiger partial charge in [-0.05, 0) is 79.9 Å². The van der Waals surface area contributed by atoms with Crippen LogP contribution in [0.4, 0.5) is 0 Å². The van der Waals surface area contributed by atoms with Gasteiger partial charge in [0.15, 0.2) is 5.96 Å². The summed E-state index contributed by atoms with van der Waals surface area (Å²) < 4.78 is 0. The Balaban J connectivity index is 1.84. The number of aromatic nitrogens is 2. The zero-order valence-electron chi connectivity index (χ0n) is 49.4. The van der Waals surface area contributed by atoms with E-state index in [0.29, 0.717) is 24.1 Å². The third-order valence-electron chi connectivity index (χ3n) is 13.7. The van der Waals surface area contributed by atoms with Crippen LogP contribution in [0.3, 0.4) is 0 Å². The van der Waals surface area contributed by atoms with Gasteiger partial charge in [0.05, 0.1) is 25.4 Å². The Bertz CT molecular complexity index is 2630. The summed E-state index contributed by atoms with van der Waals surface area (Å²) in [5.41, 5.74) is 17.7. The van der Waals surface area contributed by atoms with Crippen molar-refractivity contribution in [3.8, 4) is 5.75 Å². The van der Waals surface area contributed by atoms with Gasteiger partial charge < -0.3 is 90.0 Å². The van der Waals surface area contributed by atoms with E-state index in [2.05, 4.69) is 57.5 Å². The number of aromatic amines is 1. The van der Waals surface area contributed by atoms with Crippen LogP contribution < -0.4 is 59.7 Å². The number of phenolic OH excluding ortho intramolecular Hbond substituents is 1. The van der Waals surface area contributed by atoms with E-state index in [1.807, 2.05) is 0 Å². The van der Waals surface area contributed by atoms with Crippen molar-refractivity contribution in [2.24, 2.45) is 45.9 Å². The molecule has 1 aliphatic rings. The lowest BCUT2D eigenvalue weighted by molar-refractivity contribution is -0.144. The van der Waals surface area contributed by atoms with E-state index in [-0.39, 0.29) is 75.2 Å². The van der Waals surface area contributed by atoms with Gasteiger partial charge in [0, 0.05) is 37.8 Å². The smallest absolute Gasteiger partial charge is 0.326 e. The number of amides is 9. The average molecular weight is 1200 g/mol. The number of nitrogens with zero attached hydrogens (tertiary/aromatic N) is 3. The zero-order valence-corrected chi connectivity index (χ0v) is 49.4. The topological polar surface area (TPSA) is 487 Å². The fourth-order valence-electron chi connectivity index (χ4n) is 9.21. The van der Waals surface area contributed by atoms with Crippen molar-refractivity contribution in [1.82, 2.24) is 57.4 Å². The van der Waals surface area contributed by atoms with Crippen molar-refractivity contribution in [3.05, 3.63) is 48.0 Å². The van der Waals surface area contributed by atoms with Crippen LogP contribution in [0.1, 0.15) is 112 Å². The van der Waals surface area contributed by atoms with E-state index in [1.165, 1.54) is 41.7 Å². The van der Waals surface area contributed by atoms with E-state index in [1.54, 1.807) is 55.4 Å². The number of nitrogens with two attached hydrogens (primary N) is 3. The first kappa shape index (κ1) is 70.9. The van der Waals surface area contributed by atoms with Crippen LogP contribution in [-0.4, -0.2) is 186 Å². The Morgan fingerprint density at radius 1 is 0.659 bits per heavy atom. The van der Waals surface area contributed by atoms with Crippen molar-refractivity contribution >= 4 is 71.1 Å². The molecule has 1 aromatic heterocycles. The van der Waals surface area contributed by atoms with Gasteiger partial charge in [-0.15, -0.1) is 0 Å². The highest BCUT2D eigenvalue weighted by Crippen LogP contribution is 2.21. The summed E-state index contributed by atoms with van der Waals surface area (Å²) in [5.74, 6) is -12.7. The molecule has 2 aromatic rings. The van der Waals surface area contributed by atoms with Crippen molar-refractivity contribution in [2.75, 3.05) is 19.7 Å². The number of carbonyl (C=O) groups is 11. The van der Waals surface area contributed by atoms with Crippen molar-refractivity contribution in [1.29, 1.82) is 0 Å². The maximum absolute atomic E-state index is 14.3. The molecule has 30 nitrogen and oxygen atoms in total. The first-order valence-electron chi connectivity index (χ1n) is 28.3. The SMILES string of the molecule is CC(C)C[C@H](NC(=O)[C@H](CC(C)C)NC(=O)[C@@H](NC(=O)[C@@H](NC(=O)[C@H](CO)NC(=O)[C@H](Cc1ccc(O)cc1)NC(=O)[C@H](CC(=O)O)NC(=O)[C@@H]1CCCN1C(=O)[C@H](Cc1cnc[nH]1)NC(=O)[C@@H](N)CCCN=C(N)N)C(C)C)C(C)C)C(=O)O. The van der Waals surface area contributed by atoms with Gasteiger partial charge in [-0.25, -0.2) is 9.78 Å². The number of guanidine groups is 1. The summed E-state index contributed by atoms with van der Waals surface area (Å²) in [6.45, 7) is 12.7. The van der Waals surface area contributed by atoms with Crippen molar-refractivity contribution in [2.45, 2.75) is 174 Å². The van der Waals surface area contributed by atoms with E-state index in [0.717, 1.165) is 0 Å². The van der Waals surface area contributed by atoms with Crippen LogP contribution in [0.25, 0.3) is 0 Å². The lowest BCUT2D eigenvalue weighted by Crippen LogP contribution is -2.62. The molecule has 30 heteroatoms. The fourth-order valence-corrected chi connectivity index (χ4v) is 9.21. The number of aliphatic hydroxyl groups is 1. The standard InChI is InChI=1S/C55H87N15O15/c1-27(2)19-35(46(76)66-39(54(84)85)20-28(3)4)64-51(81)43(29(5)6)69-52(82)44(30(7)8)68-49(79)40(25-71)67-47(77)36(21-31-13-15-33(72)16-14-31)62-48(78)37(23-42(73)74)63-50(80)41-12-10-18-70(41)53(83)38(22-32-24-59-26-61-32)65-45(75)34(56)11-9-17-60-55(57)58/h13-16,24,26-30,34-41,43-44,71-72H,9-12,17-23,25,56H2,1-8H3,(H,59,61)(H,62,78)(H,63,80)(H,64,81)(H,65,75)(H,66,76)(H,67,77)(H,68,79)(H,69,82)(H,73,74)(H,84,85)(H4,57,58,60)/t34-,35-,36-,37-,38-,39-,40-,41-,43-,44-/m0/s1. The normalized spacial score (nSPS) is 16.3. The Labute approximate surface area is 493 Å². The highest BCUT2D eigenvalue weighted by molar-refractivity contribution is 5.99. The number of hydrogen-bond donors (Lipinski definition) is 16. The molecule has 10 atom stereocenters. The second-order valence-electron chi connectivity index (χ2n) is 22.6. The minimum Gasteiger partial charge on any atom is -0.508 e. The maximum atomic E-state index is 14.3. The van der Waals surface area contributed by atoms with Gasteiger partial charge in [-0.2, -0.15) is 0 Å². The highest BCUT2D eigenvalue weighted by Gasteiger charge is 2.41. The molecule has 0 aliphatic carbocycles. The maximum Gasteiger partial charge on any atom is 0.326 e. The van der Waals surface area contributed by atoms with E-state index >= 15 is 0 Å². The van der Waals surface area contributed by atoms with Gasteiger partial charge >= 0.3 is 11.9 Å². The molecule has 0 saturated carbocycles. The number of rotatable bonds is 35. The number of hydrogen-bond acceptors (Lipinski definition) is 16. The van der Waals surface area contributed by atoms with Crippen LogP contribution in [0.2, 0.25) is 0 Å².